The Morgan fingerprint density at radius 3 is 2.50 bits per heavy atom. The van der Waals surface area contributed by atoms with Crippen molar-refractivity contribution in [3.8, 4) is 11.5 Å². The van der Waals surface area contributed by atoms with Gasteiger partial charge in [0.1, 0.15) is 18.3 Å². The summed E-state index contributed by atoms with van der Waals surface area (Å²) in [5, 5.41) is 56.7. The Labute approximate surface area is 136 Å². The van der Waals surface area contributed by atoms with Crippen LogP contribution in [0.2, 0.25) is 0 Å². The summed E-state index contributed by atoms with van der Waals surface area (Å²) >= 11 is 0. The van der Waals surface area contributed by atoms with Gasteiger partial charge in [0.05, 0.1) is 6.61 Å². The van der Waals surface area contributed by atoms with Crippen LogP contribution in [0.15, 0.2) is 24.3 Å². The molecular formula is C15H18O9. The fourth-order valence-electron chi connectivity index (χ4n) is 2.19. The second-order valence-electron chi connectivity index (χ2n) is 5.21. The standard InChI is InChI=1S/C15H18O9/c16-6-10-12(20)14(13(21)15(22)23-10)24-11(19)4-2-7-1-3-8(17)9(18)5-7/h1-5,10,12-18,20-22H,6H2/t10-,12-,13-,14+,15?/m1/s1. The van der Waals surface area contributed by atoms with Crippen molar-refractivity contribution < 1.29 is 44.9 Å². The zero-order valence-corrected chi connectivity index (χ0v) is 12.4. The maximum atomic E-state index is 11.8. The van der Waals surface area contributed by atoms with Crippen LogP contribution in [0.4, 0.5) is 0 Å². The van der Waals surface area contributed by atoms with E-state index in [0.29, 0.717) is 5.56 Å². The number of rotatable bonds is 4. The molecule has 1 saturated heterocycles. The Balaban J connectivity index is 2.04. The summed E-state index contributed by atoms with van der Waals surface area (Å²) in [5.41, 5.74) is 0.392. The lowest BCUT2D eigenvalue weighted by Gasteiger charge is -2.39. The normalized spacial score (nSPS) is 30.4. The van der Waals surface area contributed by atoms with Crippen LogP contribution >= 0.6 is 0 Å². The number of phenolic OH excluding ortho intramolecular Hbond substituents is 2. The van der Waals surface area contributed by atoms with Gasteiger partial charge in [-0.1, -0.05) is 6.07 Å². The molecular weight excluding hydrogens is 324 g/mol. The third-order valence-electron chi connectivity index (χ3n) is 3.50. The predicted octanol–water partition coefficient (Wildman–Crippen LogP) is -1.55. The van der Waals surface area contributed by atoms with E-state index < -0.39 is 43.3 Å². The first-order valence-corrected chi connectivity index (χ1v) is 7.04. The van der Waals surface area contributed by atoms with Crippen molar-refractivity contribution in [1.82, 2.24) is 0 Å². The lowest BCUT2D eigenvalue weighted by molar-refractivity contribution is -0.289. The highest BCUT2D eigenvalue weighted by atomic mass is 16.7. The molecule has 1 aliphatic rings. The lowest BCUT2D eigenvalue weighted by atomic mass is 9.99. The summed E-state index contributed by atoms with van der Waals surface area (Å²) in [5.74, 6) is -1.61. The van der Waals surface area contributed by atoms with Gasteiger partial charge in [0.25, 0.3) is 0 Å². The minimum atomic E-state index is -1.72. The first-order valence-electron chi connectivity index (χ1n) is 7.04. The molecule has 1 fully saturated rings. The Bertz CT molecular complexity index is 615. The quantitative estimate of drug-likeness (QED) is 0.217. The maximum Gasteiger partial charge on any atom is 0.331 e. The van der Waals surface area contributed by atoms with Gasteiger partial charge in [-0.3, -0.25) is 0 Å². The van der Waals surface area contributed by atoms with Gasteiger partial charge in [-0.2, -0.15) is 0 Å². The molecule has 0 amide bonds. The molecule has 2 rings (SSSR count). The van der Waals surface area contributed by atoms with Crippen LogP contribution in [0.25, 0.3) is 6.08 Å². The Morgan fingerprint density at radius 1 is 1.17 bits per heavy atom. The van der Waals surface area contributed by atoms with Crippen molar-refractivity contribution >= 4 is 12.0 Å². The maximum absolute atomic E-state index is 11.8. The fourth-order valence-corrected chi connectivity index (χ4v) is 2.19. The van der Waals surface area contributed by atoms with Crippen LogP contribution in [-0.2, 0) is 14.3 Å². The van der Waals surface area contributed by atoms with Gasteiger partial charge in [-0.15, -0.1) is 0 Å². The molecule has 0 aromatic heterocycles. The molecule has 9 heteroatoms. The highest BCUT2D eigenvalue weighted by molar-refractivity contribution is 5.87. The zero-order chi connectivity index (χ0) is 17.9. The van der Waals surface area contributed by atoms with E-state index in [-0.39, 0.29) is 11.5 Å². The molecule has 1 unspecified atom stereocenters. The first kappa shape index (κ1) is 18.2. The molecule has 0 spiro atoms. The van der Waals surface area contributed by atoms with Crippen LogP contribution in [-0.4, -0.2) is 73.9 Å². The van der Waals surface area contributed by atoms with E-state index in [2.05, 4.69) is 0 Å². The molecule has 1 aromatic carbocycles. The summed E-state index contributed by atoms with van der Waals surface area (Å²) in [7, 11) is 0. The number of ether oxygens (including phenoxy) is 2. The van der Waals surface area contributed by atoms with Crippen molar-refractivity contribution in [2.45, 2.75) is 30.7 Å². The van der Waals surface area contributed by atoms with Gasteiger partial charge in [-0.25, -0.2) is 4.79 Å². The van der Waals surface area contributed by atoms with Crippen molar-refractivity contribution in [2.24, 2.45) is 0 Å². The van der Waals surface area contributed by atoms with Crippen LogP contribution in [0.3, 0.4) is 0 Å². The third-order valence-corrected chi connectivity index (χ3v) is 3.50. The smallest absolute Gasteiger partial charge is 0.331 e. The number of phenols is 2. The number of hydrogen-bond donors (Lipinski definition) is 6. The number of aromatic hydroxyl groups is 2. The molecule has 132 valence electrons. The molecule has 6 N–H and O–H groups in total. The number of carbonyl (C=O) groups excluding carboxylic acids is 1. The molecule has 1 heterocycles. The molecule has 1 aliphatic heterocycles. The molecule has 0 bridgehead atoms. The summed E-state index contributed by atoms with van der Waals surface area (Å²) in [4.78, 5) is 11.8. The molecule has 0 aliphatic carbocycles. The van der Waals surface area contributed by atoms with E-state index in [0.717, 1.165) is 6.08 Å². The fraction of sp³-hybridized carbons (Fsp3) is 0.400. The highest BCUT2D eigenvalue weighted by Crippen LogP contribution is 2.26. The minimum absolute atomic E-state index is 0.313. The summed E-state index contributed by atoms with van der Waals surface area (Å²) in [6.45, 7) is -0.637. The van der Waals surface area contributed by atoms with Gasteiger partial charge < -0.3 is 40.1 Å². The van der Waals surface area contributed by atoms with Crippen LogP contribution < -0.4 is 0 Å². The number of hydrogen-bond acceptors (Lipinski definition) is 9. The summed E-state index contributed by atoms with van der Waals surface area (Å²) in [6.07, 6.45) is -5.38. The van der Waals surface area contributed by atoms with Crippen LogP contribution in [0.5, 0.6) is 11.5 Å². The number of carbonyl (C=O) groups is 1. The zero-order valence-electron chi connectivity index (χ0n) is 12.4. The van der Waals surface area contributed by atoms with Crippen LogP contribution in [0.1, 0.15) is 5.56 Å². The number of aliphatic hydroxyl groups excluding tert-OH is 4. The lowest BCUT2D eigenvalue weighted by Crippen LogP contribution is -2.59. The monoisotopic (exact) mass is 342 g/mol. The minimum Gasteiger partial charge on any atom is -0.504 e. The third kappa shape index (κ3) is 4.02. The Kier molecular flexibility index (Phi) is 5.75. The van der Waals surface area contributed by atoms with Crippen LogP contribution in [0, 0.1) is 0 Å². The average molecular weight is 342 g/mol. The largest absolute Gasteiger partial charge is 0.504 e. The molecule has 9 nitrogen and oxygen atoms in total. The van der Waals surface area contributed by atoms with Crippen molar-refractivity contribution in [2.75, 3.05) is 6.61 Å². The second-order valence-corrected chi connectivity index (χ2v) is 5.21. The topological polar surface area (TPSA) is 157 Å². The first-order chi connectivity index (χ1) is 11.3. The van der Waals surface area contributed by atoms with E-state index in [4.69, 9.17) is 14.6 Å². The van der Waals surface area contributed by atoms with E-state index in [1.807, 2.05) is 0 Å². The van der Waals surface area contributed by atoms with Gasteiger partial charge in [0.15, 0.2) is 23.9 Å². The number of benzene rings is 1. The highest BCUT2D eigenvalue weighted by Gasteiger charge is 2.45. The Hall–Kier alpha value is -2.17. The van der Waals surface area contributed by atoms with Gasteiger partial charge >= 0.3 is 5.97 Å². The van der Waals surface area contributed by atoms with Crippen molar-refractivity contribution in [3.05, 3.63) is 29.8 Å². The molecule has 0 saturated carbocycles. The predicted molar refractivity (Wildman–Crippen MR) is 78.7 cm³/mol. The SMILES string of the molecule is O=C(C=Cc1ccc(O)c(O)c1)O[C@H]1[C@H](O)[C@@H](CO)OC(O)[C@@H]1O. The molecule has 5 atom stereocenters. The number of esters is 1. The van der Waals surface area contributed by atoms with Gasteiger partial charge in [-0.05, 0) is 23.8 Å². The van der Waals surface area contributed by atoms with E-state index in [9.17, 15) is 30.3 Å². The van der Waals surface area contributed by atoms with E-state index in [1.165, 1.54) is 24.3 Å². The van der Waals surface area contributed by atoms with E-state index in [1.54, 1.807) is 0 Å². The van der Waals surface area contributed by atoms with Crippen molar-refractivity contribution in [3.63, 3.8) is 0 Å². The second kappa shape index (κ2) is 7.60. The van der Waals surface area contributed by atoms with Crippen molar-refractivity contribution in [1.29, 1.82) is 0 Å². The van der Waals surface area contributed by atoms with Gasteiger partial charge in [0.2, 0.25) is 0 Å². The summed E-state index contributed by atoms with van der Waals surface area (Å²) < 4.78 is 9.68. The Morgan fingerprint density at radius 2 is 1.88 bits per heavy atom. The number of aliphatic hydroxyl groups is 4. The average Bonchev–Trinajstić information content (AvgIpc) is 2.56. The van der Waals surface area contributed by atoms with E-state index >= 15 is 0 Å². The van der Waals surface area contributed by atoms with Gasteiger partial charge in [0, 0.05) is 6.08 Å². The molecule has 1 aromatic rings. The summed E-state index contributed by atoms with van der Waals surface area (Å²) in [6, 6.07) is 3.87. The molecule has 24 heavy (non-hydrogen) atoms. The molecule has 0 radical (unpaired) electrons.